The minimum Gasteiger partial charge on any atom is -0.467 e. The molecule has 0 aromatic carbocycles. The highest BCUT2D eigenvalue weighted by Gasteiger charge is 2.15. The summed E-state index contributed by atoms with van der Waals surface area (Å²) >= 11 is 0. The molecule has 0 saturated heterocycles. The lowest BCUT2D eigenvalue weighted by Gasteiger charge is -2.14. The van der Waals surface area contributed by atoms with Gasteiger partial charge in [-0.15, -0.1) is 0 Å². The minimum absolute atomic E-state index is 0.108. The van der Waals surface area contributed by atoms with Crippen LogP contribution in [0, 0.1) is 13.8 Å². The summed E-state index contributed by atoms with van der Waals surface area (Å²) in [5.74, 6) is 1.93. The van der Waals surface area contributed by atoms with Crippen LogP contribution in [-0.4, -0.2) is 18.5 Å². The van der Waals surface area contributed by atoms with Gasteiger partial charge in [-0.1, -0.05) is 0 Å². The molecular formula is C16H21N3O4. The zero-order valence-corrected chi connectivity index (χ0v) is 13.4. The van der Waals surface area contributed by atoms with Gasteiger partial charge in [0.05, 0.1) is 25.4 Å². The van der Waals surface area contributed by atoms with Crippen LogP contribution < -0.4 is 16.0 Å². The molecule has 0 bridgehead atoms. The summed E-state index contributed by atoms with van der Waals surface area (Å²) in [5, 5.41) is 7.93. The van der Waals surface area contributed by atoms with Crippen molar-refractivity contribution >= 4 is 11.9 Å². The first-order valence-corrected chi connectivity index (χ1v) is 7.36. The molecule has 2 aromatic rings. The number of aryl methyl sites for hydroxylation is 2. The molecule has 0 radical (unpaired) electrons. The number of amides is 3. The highest BCUT2D eigenvalue weighted by molar-refractivity contribution is 5.83. The van der Waals surface area contributed by atoms with Crippen LogP contribution in [-0.2, 0) is 11.3 Å². The van der Waals surface area contributed by atoms with E-state index < -0.39 is 6.03 Å². The largest absolute Gasteiger partial charge is 0.467 e. The first-order chi connectivity index (χ1) is 11.0. The molecule has 0 aliphatic carbocycles. The second-order valence-electron chi connectivity index (χ2n) is 5.27. The Balaban J connectivity index is 1.72. The highest BCUT2D eigenvalue weighted by atomic mass is 16.3. The van der Waals surface area contributed by atoms with Gasteiger partial charge in [-0.05, 0) is 39.0 Å². The lowest BCUT2D eigenvalue weighted by molar-refractivity contribution is -0.120. The summed E-state index contributed by atoms with van der Waals surface area (Å²) in [5.41, 5.74) is 0.917. The van der Waals surface area contributed by atoms with Gasteiger partial charge in [0.25, 0.3) is 0 Å². The van der Waals surface area contributed by atoms with E-state index in [9.17, 15) is 9.59 Å². The molecule has 0 aliphatic rings. The molecular weight excluding hydrogens is 298 g/mol. The molecule has 7 nitrogen and oxygen atoms in total. The van der Waals surface area contributed by atoms with Crippen molar-refractivity contribution in [1.82, 2.24) is 16.0 Å². The third-order valence-electron chi connectivity index (χ3n) is 3.34. The number of rotatable bonds is 6. The number of hydrogen-bond donors (Lipinski definition) is 3. The van der Waals surface area contributed by atoms with Crippen LogP contribution in [0.15, 0.2) is 33.3 Å². The van der Waals surface area contributed by atoms with E-state index in [0.29, 0.717) is 12.3 Å². The highest BCUT2D eigenvalue weighted by Crippen LogP contribution is 2.20. The summed E-state index contributed by atoms with van der Waals surface area (Å²) in [6, 6.07) is 4.77. The number of furan rings is 2. The zero-order chi connectivity index (χ0) is 16.8. The van der Waals surface area contributed by atoms with Crippen molar-refractivity contribution in [3.63, 3.8) is 0 Å². The smallest absolute Gasteiger partial charge is 0.315 e. The Labute approximate surface area is 134 Å². The van der Waals surface area contributed by atoms with Crippen LogP contribution in [0.4, 0.5) is 4.79 Å². The molecule has 7 heteroatoms. The van der Waals surface area contributed by atoms with Crippen LogP contribution in [0.3, 0.4) is 0 Å². The predicted molar refractivity (Wildman–Crippen MR) is 83.7 cm³/mol. The number of carbonyl (C=O) groups excluding carboxylic acids is 2. The van der Waals surface area contributed by atoms with Gasteiger partial charge in [-0.3, -0.25) is 4.79 Å². The Hall–Kier alpha value is -2.70. The average Bonchev–Trinajstić information content (AvgIpc) is 3.12. The van der Waals surface area contributed by atoms with E-state index in [0.717, 1.165) is 17.1 Å². The Morgan fingerprint density at radius 2 is 2.04 bits per heavy atom. The molecule has 1 unspecified atom stereocenters. The fraction of sp³-hybridized carbons (Fsp3) is 0.375. The number of nitrogens with one attached hydrogen (secondary N) is 3. The third-order valence-corrected chi connectivity index (χ3v) is 3.34. The van der Waals surface area contributed by atoms with Gasteiger partial charge >= 0.3 is 6.03 Å². The summed E-state index contributed by atoms with van der Waals surface area (Å²) in [4.78, 5) is 23.5. The van der Waals surface area contributed by atoms with Crippen molar-refractivity contribution in [3.8, 4) is 0 Å². The van der Waals surface area contributed by atoms with Crippen molar-refractivity contribution in [1.29, 1.82) is 0 Å². The normalized spacial score (nSPS) is 11.8. The van der Waals surface area contributed by atoms with E-state index in [4.69, 9.17) is 8.83 Å². The quantitative estimate of drug-likeness (QED) is 0.760. The first kappa shape index (κ1) is 16.7. The molecule has 0 fully saturated rings. The van der Waals surface area contributed by atoms with E-state index >= 15 is 0 Å². The first-order valence-electron chi connectivity index (χ1n) is 7.36. The molecule has 2 aromatic heterocycles. The maximum atomic E-state index is 11.8. The molecule has 2 heterocycles. The maximum absolute atomic E-state index is 11.8. The van der Waals surface area contributed by atoms with E-state index in [2.05, 4.69) is 16.0 Å². The molecule has 23 heavy (non-hydrogen) atoms. The summed E-state index contributed by atoms with van der Waals surface area (Å²) in [6.45, 7) is 5.74. The molecule has 3 amide bonds. The summed E-state index contributed by atoms with van der Waals surface area (Å²) in [7, 11) is 0. The van der Waals surface area contributed by atoms with Crippen molar-refractivity contribution in [2.75, 3.05) is 6.54 Å². The average molecular weight is 319 g/mol. The Bertz CT molecular complexity index is 661. The zero-order valence-electron chi connectivity index (χ0n) is 13.4. The van der Waals surface area contributed by atoms with E-state index in [-0.39, 0.29) is 18.5 Å². The monoisotopic (exact) mass is 319 g/mol. The lowest BCUT2D eigenvalue weighted by atomic mass is 10.1. The Morgan fingerprint density at radius 1 is 1.26 bits per heavy atom. The van der Waals surface area contributed by atoms with Crippen molar-refractivity contribution in [3.05, 3.63) is 47.3 Å². The third kappa shape index (κ3) is 4.91. The minimum atomic E-state index is -0.413. The van der Waals surface area contributed by atoms with Crippen LogP contribution in [0.1, 0.15) is 35.8 Å². The molecule has 0 saturated carbocycles. The molecule has 2 rings (SSSR count). The molecule has 1 atom stereocenters. The van der Waals surface area contributed by atoms with Gasteiger partial charge in [0.1, 0.15) is 17.3 Å². The van der Waals surface area contributed by atoms with Gasteiger partial charge < -0.3 is 24.8 Å². The van der Waals surface area contributed by atoms with Crippen molar-refractivity contribution in [2.45, 2.75) is 33.4 Å². The number of hydrogen-bond acceptors (Lipinski definition) is 4. The van der Waals surface area contributed by atoms with E-state index in [1.807, 2.05) is 26.8 Å². The van der Waals surface area contributed by atoms with Gasteiger partial charge in [-0.2, -0.15) is 0 Å². The molecule has 0 spiro atoms. The molecule has 124 valence electrons. The fourth-order valence-corrected chi connectivity index (χ4v) is 2.23. The molecule has 3 N–H and O–H groups in total. The van der Waals surface area contributed by atoms with Gasteiger partial charge in [0.2, 0.25) is 5.91 Å². The van der Waals surface area contributed by atoms with Gasteiger partial charge in [0, 0.05) is 5.56 Å². The van der Waals surface area contributed by atoms with E-state index in [1.54, 1.807) is 12.1 Å². The van der Waals surface area contributed by atoms with Gasteiger partial charge in [-0.25, -0.2) is 4.79 Å². The van der Waals surface area contributed by atoms with Crippen LogP contribution >= 0.6 is 0 Å². The van der Waals surface area contributed by atoms with Crippen LogP contribution in [0.5, 0.6) is 0 Å². The fourth-order valence-electron chi connectivity index (χ4n) is 2.23. The maximum Gasteiger partial charge on any atom is 0.315 e. The predicted octanol–water partition coefficient (Wildman–Crippen LogP) is 2.17. The van der Waals surface area contributed by atoms with Crippen molar-refractivity contribution < 1.29 is 18.4 Å². The SMILES string of the molecule is Cc1cc(C(C)NC(=O)NCC(=O)NCc2ccco2)c(C)o1. The van der Waals surface area contributed by atoms with E-state index in [1.165, 1.54) is 6.26 Å². The Morgan fingerprint density at radius 3 is 2.65 bits per heavy atom. The van der Waals surface area contributed by atoms with Crippen LogP contribution in [0.25, 0.3) is 0 Å². The second-order valence-corrected chi connectivity index (χ2v) is 5.27. The van der Waals surface area contributed by atoms with Crippen LogP contribution in [0.2, 0.25) is 0 Å². The summed E-state index contributed by atoms with van der Waals surface area (Å²) < 4.78 is 10.5. The molecule has 0 aliphatic heterocycles. The second kappa shape index (κ2) is 7.53. The summed E-state index contributed by atoms with van der Waals surface area (Å²) in [6.07, 6.45) is 1.54. The van der Waals surface area contributed by atoms with Crippen molar-refractivity contribution in [2.24, 2.45) is 0 Å². The standard InChI is InChI=1S/C16H21N3O4/c1-10-7-14(12(3)23-10)11(2)19-16(21)18-9-15(20)17-8-13-5-4-6-22-13/h4-7,11H,8-9H2,1-3H3,(H,17,20)(H2,18,19,21). The lowest BCUT2D eigenvalue weighted by Crippen LogP contribution is -2.42. The number of carbonyl (C=O) groups is 2. The number of urea groups is 1. The van der Waals surface area contributed by atoms with Gasteiger partial charge in [0.15, 0.2) is 0 Å². The Kier molecular flexibility index (Phi) is 5.46. The topological polar surface area (TPSA) is 96.5 Å².